The van der Waals surface area contributed by atoms with Crippen LogP contribution >= 0.6 is 0 Å². The molecule has 0 aromatic heterocycles. The molecule has 7 rings (SSSR count). The Morgan fingerprint density at radius 1 is 0.975 bits per heavy atom. The quantitative estimate of drug-likeness (QED) is 0.350. The molecule has 9 heteroatoms. The zero-order valence-electron chi connectivity index (χ0n) is 24.5. The smallest absolute Gasteiger partial charge is 0.308 e. The maximum Gasteiger partial charge on any atom is 0.308 e. The monoisotopic (exact) mass is 563 g/mol. The van der Waals surface area contributed by atoms with Gasteiger partial charge in [-0.05, 0) is 101 Å². The molecule has 7 aliphatic rings. The Bertz CT molecular complexity index is 1010. The van der Waals surface area contributed by atoms with E-state index in [2.05, 4.69) is 13.8 Å². The summed E-state index contributed by atoms with van der Waals surface area (Å²) in [6.45, 7) is 4.65. The predicted molar refractivity (Wildman–Crippen MR) is 144 cm³/mol. The van der Waals surface area contributed by atoms with E-state index >= 15 is 0 Å². The van der Waals surface area contributed by atoms with E-state index in [0.717, 1.165) is 51.4 Å². The highest BCUT2D eigenvalue weighted by atomic mass is 16.7. The summed E-state index contributed by atoms with van der Waals surface area (Å²) in [5.74, 6) is 2.25. The van der Waals surface area contributed by atoms with E-state index in [0.29, 0.717) is 30.1 Å². The number of aliphatic hydroxyl groups is 3. The van der Waals surface area contributed by atoms with Gasteiger partial charge in [0.15, 0.2) is 6.29 Å². The highest BCUT2D eigenvalue weighted by Gasteiger charge is 2.74. The lowest BCUT2D eigenvalue weighted by Crippen LogP contribution is -2.67. The number of likely N-dealkylation sites (N-methyl/N-ethyl adjacent to an activating group) is 1. The van der Waals surface area contributed by atoms with Crippen LogP contribution in [0.4, 0.5) is 0 Å². The first-order chi connectivity index (χ1) is 19.0. The van der Waals surface area contributed by atoms with Crippen LogP contribution in [-0.4, -0.2) is 95.5 Å². The van der Waals surface area contributed by atoms with Crippen LogP contribution in [0.3, 0.4) is 0 Å². The Kier molecular flexibility index (Phi) is 6.71. The van der Waals surface area contributed by atoms with E-state index in [1.165, 1.54) is 6.42 Å². The van der Waals surface area contributed by atoms with E-state index < -0.39 is 30.6 Å². The number of esters is 1. The van der Waals surface area contributed by atoms with Crippen molar-refractivity contribution in [2.75, 3.05) is 20.7 Å². The second-order valence-corrected chi connectivity index (χ2v) is 15.0. The summed E-state index contributed by atoms with van der Waals surface area (Å²) in [5.41, 5.74) is 0.138. The first kappa shape index (κ1) is 28.0. The molecule has 2 bridgehead atoms. The molecule has 9 nitrogen and oxygen atoms in total. The van der Waals surface area contributed by atoms with Gasteiger partial charge in [-0.25, -0.2) is 0 Å². The highest BCUT2D eigenvalue weighted by Crippen LogP contribution is 2.74. The lowest BCUT2D eigenvalue weighted by atomic mass is 9.42. The number of ether oxygens (including phenoxy) is 4. The molecule has 226 valence electrons. The molecule has 0 spiro atoms. The van der Waals surface area contributed by atoms with Gasteiger partial charge in [-0.3, -0.25) is 4.79 Å². The molecule has 0 amide bonds. The van der Waals surface area contributed by atoms with Crippen LogP contribution in [0.15, 0.2) is 0 Å². The minimum absolute atomic E-state index is 0.0286. The lowest BCUT2D eigenvalue weighted by Gasteiger charge is -2.67. The van der Waals surface area contributed by atoms with Crippen molar-refractivity contribution in [2.24, 2.45) is 40.4 Å². The normalized spacial score (nSPS) is 57.1. The number of carbonyl (C=O) groups is 1. The predicted octanol–water partition coefficient (Wildman–Crippen LogP) is 2.44. The Hall–Kier alpha value is -0.810. The Balaban J connectivity index is 1.07. The molecule has 0 aromatic rings. The SMILES string of the molecule is CN(C)[C@@H]1[C@@H](O)[C@H](O[C@H]2CC[C@@]3(C)[C@H](CC[C@@H]4[C@@H]3CC[C@]3(C)[C@@H]5CC[C@]43O[C@H]3OC(=O)C[C@H]35)C2)O[C@H](CO)[C@H]1O. The van der Waals surface area contributed by atoms with Crippen LogP contribution in [0.5, 0.6) is 0 Å². The van der Waals surface area contributed by atoms with E-state index in [-0.39, 0.29) is 47.3 Å². The molecule has 15 atom stereocenters. The fourth-order valence-corrected chi connectivity index (χ4v) is 11.5. The summed E-state index contributed by atoms with van der Waals surface area (Å²) in [7, 11) is 3.62. The first-order valence-electron chi connectivity index (χ1n) is 15.8. The molecular formula is C31H49NO8. The van der Waals surface area contributed by atoms with Gasteiger partial charge in [-0.1, -0.05) is 13.8 Å². The maximum atomic E-state index is 12.2. The van der Waals surface area contributed by atoms with E-state index in [1.807, 2.05) is 14.1 Å². The van der Waals surface area contributed by atoms with E-state index in [1.54, 1.807) is 4.90 Å². The van der Waals surface area contributed by atoms with Crippen molar-refractivity contribution in [3.05, 3.63) is 0 Å². The molecule has 4 saturated carbocycles. The van der Waals surface area contributed by atoms with Gasteiger partial charge in [0.2, 0.25) is 6.29 Å². The van der Waals surface area contributed by atoms with Crippen LogP contribution in [0, 0.1) is 40.4 Å². The van der Waals surface area contributed by atoms with Gasteiger partial charge >= 0.3 is 5.97 Å². The average Bonchev–Trinajstić information content (AvgIpc) is 3.36. The van der Waals surface area contributed by atoms with E-state index in [9.17, 15) is 20.1 Å². The van der Waals surface area contributed by atoms with Gasteiger partial charge in [0, 0.05) is 11.3 Å². The van der Waals surface area contributed by atoms with Gasteiger partial charge in [-0.15, -0.1) is 0 Å². The van der Waals surface area contributed by atoms with Gasteiger partial charge in [0.25, 0.3) is 0 Å². The first-order valence-corrected chi connectivity index (χ1v) is 15.8. The van der Waals surface area contributed by atoms with Crippen molar-refractivity contribution in [3.63, 3.8) is 0 Å². The third kappa shape index (κ3) is 3.74. The third-order valence-corrected chi connectivity index (χ3v) is 13.4. The van der Waals surface area contributed by atoms with Crippen molar-refractivity contribution < 1.29 is 39.1 Å². The van der Waals surface area contributed by atoms with Gasteiger partial charge in [0.05, 0.1) is 30.8 Å². The van der Waals surface area contributed by atoms with Crippen LogP contribution in [0.2, 0.25) is 0 Å². The minimum atomic E-state index is -1.00. The fourth-order valence-electron chi connectivity index (χ4n) is 11.5. The largest absolute Gasteiger partial charge is 0.435 e. The molecule has 40 heavy (non-hydrogen) atoms. The molecule has 3 heterocycles. The molecule has 3 aliphatic heterocycles. The molecule has 0 radical (unpaired) electrons. The number of hydrogen-bond donors (Lipinski definition) is 3. The summed E-state index contributed by atoms with van der Waals surface area (Å²) >= 11 is 0. The lowest BCUT2D eigenvalue weighted by molar-refractivity contribution is -0.326. The van der Waals surface area contributed by atoms with Gasteiger partial charge in [0.1, 0.15) is 18.3 Å². The van der Waals surface area contributed by atoms with Gasteiger partial charge < -0.3 is 39.2 Å². The number of nitrogens with zero attached hydrogens (tertiary/aromatic N) is 1. The molecular weight excluding hydrogens is 514 g/mol. The highest BCUT2D eigenvalue weighted by molar-refractivity contribution is 5.72. The summed E-state index contributed by atoms with van der Waals surface area (Å²) in [5, 5.41) is 31.5. The molecule has 0 aromatic carbocycles. The Labute approximate surface area is 237 Å². The van der Waals surface area contributed by atoms with Crippen molar-refractivity contribution in [3.8, 4) is 0 Å². The van der Waals surface area contributed by atoms with Crippen LogP contribution < -0.4 is 0 Å². The second-order valence-electron chi connectivity index (χ2n) is 15.0. The standard InChI is InChI=1S/C31H49NO8/c1-29-10-7-17(37-28-26(36)24(32(3)4)25(35)22(15-33)38-28)13-16(29)5-6-21-20(29)8-11-30(2)19-9-12-31(21,30)40-27-18(19)14-23(34)39-27/h16-22,24-28,33,35-36H,5-15H2,1-4H3/t16-,17+,18+,19-,20+,21-,22-,24+,25-,26-,27-,28-,29+,30-,31+/m1/s1. The summed E-state index contributed by atoms with van der Waals surface area (Å²) < 4.78 is 25.1. The number of fused-ring (bicyclic) bond motifs is 5. The molecule has 3 N–H and O–H groups in total. The molecule has 7 fully saturated rings. The van der Waals surface area contributed by atoms with E-state index in [4.69, 9.17) is 18.9 Å². The van der Waals surface area contributed by atoms with Gasteiger partial charge in [-0.2, -0.15) is 0 Å². The van der Waals surface area contributed by atoms with Crippen molar-refractivity contribution >= 4 is 5.97 Å². The maximum absolute atomic E-state index is 12.2. The zero-order chi connectivity index (χ0) is 28.2. The number of carbonyl (C=O) groups excluding carboxylic acids is 1. The second kappa shape index (κ2) is 9.60. The zero-order valence-corrected chi connectivity index (χ0v) is 24.5. The summed E-state index contributed by atoms with van der Waals surface area (Å²) in [6, 6.07) is -0.569. The number of rotatable bonds is 4. The molecule has 3 saturated heterocycles. The third-order valence-electron chi connectivity index (χ3n) is 13.4. The van der Waals surface area contributed by atoms with Crippen LogP contribution in [0.1, 0.15) is 78.1 Å². The molecule has 4 aliphatic carbocycles. The summed E-state index contributed by atoms with van der Waals surface area (Å²) in [6.07, 6.45) is 6.27. The van der Waals surface area contributed by atoms with Crippen LogP contribution in [-0.2, 0) is 23.7 Å². The van der Waals surface area contributed by atoms with Crippen molar-refractivity contribution in [1.82, 2.24) is 4.90 Å². The topological polar surface area (TPSA) is 118 Å². The Morgan fingerprint density at radius 2 is 1.75 bits per heavy atom. The van der Waals surface area contributed by atoms with Crippen molar-refractivity contribution in [1.29, 1.82) is 0 Å². The number of aliphatic hydroxyl groups excluding tert-OH is 3. The minimum Gasteiger partial charge on any atom is -0.435 e. The van der Waals surface area contributed by atoms with Crippen LogP contribution in [0.25, 0.3) is 0 Å². The molecule has 0 unspecified atom stereocenters. The fraction of sp³-hybridized carbons (Fsp3) is 0.968. The summed E-state index contributed by atoms with van der Waals surface area (Å²) in [4.78, 5) is 14.0. The van der Waals surface area contributed by atoms with Crippen molar-refractivity contribution in [2.45, 2.75) is 127 Å². The average molecular weight is 564 g/mol. The number of hydrogen-bond acceptors (Lipinski definition) is 9. The Morgan fingerprint density at radius 3 is 2.50 bits per heavy atom.